The molecule has 0 aromatic rings. The Morgan fingerprint density at radius 1 is 1.88 bits per heavy atom. The van der Waals surface area contributed by atoms with Crippen LogP contribution in [0.25, 0.3) is 0 Å². The van der Waals surface area contributed by atoms with Crippen molar-refractivity contribution in [3.8, 4) is 6.07 Å². The van der Waals surface area contributed by atoms with E-state index in [-0.39, 0.29) is 18.2 Å². The summed E-state index contributed by atoms with van der Waals surface area (Å²) in [5.41, 5.74) is 0. The lowest BCUT2D eigenvalue weighted by molar-refractivity contribution is -0.118. The minimum absolute atomic E-state index is 0.0688. The SMILES string of the molecule is N#CCNC(=O)CS. The Hall–Kier alpha value is -0.690. The largest absolute Gasteiger partial charge is 0.342 e. The standard InChI is InChI=1S/C4H6N2OS/c5-1-2-6-4(7)3-8/h8H,2-3H2,(H,6,7). The van der Waals surface area contributed by atoms with Crippen molar-refractivity contribution >= 4 is 18.5 Å². The summed E-state index contributed by atoms with van der Waals surface area (Å²) in [6.45, 7) is 0.0688. The second-order valence-corrected chi connectivity index (χ2v) is 1.41. The van der Waals surface area contributed by atoms with E-state index in [4.69, 9.17) is 5.26 Å². The number of nitrogens with zero attached hydrogens (tertiary/aromatic N) is 1. The molecule has 0 aromatic heterocycles. The fraction of sp³-hybridized carbons (Fsp3) is 0.500. The molecule has 44 valence electrons. The van der Waals surface area contributed by atoms with Gasteiger partial charge < -0.3 is 5.32 Å². The van der Waals surface area contributed by atoms with E-state index < -0.39 is 0 Å². The van der Waals surface area contributed by atoms with Crippen LogP contribution in [0.1, 0.15) is 0 Å². The molecule has 0 spiro atoms. The Balaban J connectivity index is 3.15. The first-order valence-electron chi connectivity index (χ1n) is 2.05. The number of carbonyl (C=O) groups excluding carboxylic acids is 1. The quantitative estimate of drug-likeness (QED) is 0.393. The highest BCUT2D eigenvalue weighted by Gasteiger charge is 1.91. The van der Waals surface area contributed by atoms with E-state index >= 15 is 0 Å². The summed E-state index contributed by atoms with van der Waals surface area (Å²) in [4.78, 5) is 10.2. The number of nitriles is 1. The van der Waals surface area contributed by atoms with Gasteiger partial charge in [0.05, 0.1) is 11.8 Å². The molecule has 0 fully saturated rings. The van der Waals surface area contributed by atoms with Gasteiger partial charge in [-0.3, -0.25) is 4.79 Å². The monoisotopic (exact) mass is 130 g/mol. The normalized spacial score (nSPS) is 7.50. The first-order chi connectivity index (χ1) is 3.81. The molecule has 0 atom stereocenters. The molecule has 0 aromatic carbocycles. The number of hydrogen-bond donors (Lipinski definition) is 2. The highest BCUT2D eigenvalue weighted by atomic mass is 32.1. The third kappa shape index (κ3) is 3.50. The Morgan fingerprint density at radius 2 is 2.50 bits per heavy atom. The lowest BCUT2D eigenvalue weighted by Gasteiger charge is -1.91. The Morgan fingerprint density at radius 3 is 2.88 bits per heavy atom. The molecule has 0 heterocycles. The first kappa shape index (κ1) is 7.31. The van der Waals surface area contributed by atoms with Crippen LogP contribution in [0, 0.1) is 11.3 Å². The molecule has 0 saturated heterocycles. The van der Waals surface area contributed by atoms with Gasteiger partial charge in [-0.1, -0.05) is 0 Å². The topological polar surface area (TPSA) is 52.9 Å². The summed E-state index contributed by atoms with van der Waals surface area (Å²) in [6.07, 6.45) is 0. The van der Waals surface area contributed by atoms with Gasteiger partial charge in [-0.25, -0.2) is 0 Å². The van der Waals surface area contributed by atoms with E-state index in [0.29, 0.717) is 0 Å². The molecule has 0 unspecified atom stereocenters. The van der Waals surface area contributed by atoms with Gasteiger partial charge in [-0.05, 0) is 0 Å². The van der Waals surface area contributed by atoms with Crippen molar-refractivity contribution in [1.29, 1.82) is 5.26 Å². The van der Waals surface area contributed by atoms with Gasteiger partial charge in [0.15, 0.2) is 0 Å². The summed E-state index contributed by atoms with van der Waals surface area (Å²) in [5.74, 6) is -0.0725. The lowest BCUT2D eigenvalue weighted by Crippen LogP contribution is -2.24. The number of thiol groups is 1. The van der Waals surface area contributed by atoms with Crippen LogP contribution in [-0.4, -0.2) is 18.2 Å². The van der Waals surface area contributed by atoms with E-state index in [9.17, 15) is 4.79 Å². The maximum atomic E-state index is 10.2. The van der Waals surface area contributed by atoms with Crippen molar-refractivity contribution in [2.75, 3.05) is 12.3 Å². The predicted molar refractivity (Wildman–Crippen MR) is 32.5 cm³/mol. The maximum Gasteiger partial charge on any atom is 0.230 e. The number of carbonyl (C=O) groups is 1. The van der Waals surface area contributed by atoms with Crippen LogP contribution in [0.15, 0.2) is 0 Å². The van der Waals surface area contributed by atoms with Crippen LogP contribution in [0.2, 0.25) is 0 Å². The van der Waals surface area contributed by atoms with Crippen LogP contribution in [0.5, 0.6) is 0 Å². The summed E-state index contributed by atoms with van der Waals surface area (Å²) >= 11 is 3.67. The molecular weight excluding hydrogens is 124 g/mol. The minimum atomic E-state index is -0.213. The predicted octanol–water partition coefficient (Wildman–Crippen LogP) is -0.444. The van der Waals surface area contributed by atoms with Crippen molar-refractivity contribution in [2.24, 2.45) is 0 Å². The molecule has 0 aliphatic heterocycles. The molecule has 0 aliphatic rings. The number of hydrogen-bond acceptors (Lipinski definition) is 3. The molecule has 0 saturated carbocycles. The van der Waals surface area contributed by atoms with Crippen molar-refractivity contribution < 1.29 is 4.79 Å². The molecule has 1 amide bonds. The Labute approximate surface area is 53.1 Å². The van der Waals surface area contributed by atoms with E-state index in [2.05, 4.69) is 17.9 Å². The van der Waals surface area contributed by atoms with Crippen LogP contribution in [0.4, 0.5) is 0 Å². The highest BCUT2D eigenvalue weighted by molar-refractivity contribution is 7.81. The fourth-order valence-electron chi connectivity index (χ4n) is 0.194. The van der Waals surface area contributed by atoms with Gasteiger partial charge in [0.25, 0.3) is 0 Å². The molecule has 1 N–H and O–H groups in total. The van der Waals surface area contributed by atoms with Crippen LogP contribution < -0.4 is 5.32 Å². The zero-order valence-corrected chi connectivity index (χ0v) is 5.11. The fourth-order valence-corrected chi connectivity index (χ4v) is 0.306. The maximum absolute atomic E-state index is 10.2. The minimum Gasteiger partial charge on any atom is -0.342 e. The molecular formula is C4H6N2OS. The summed E-state index contributed by atoms with van der Waals surface area (Å²) in [7, 11) is 0. The number of amides is 1. The van der Waals surface area contributed by atoms with Crippen molar-refractivity contribution in [3.63, 3.8) is 0 Å². The molecule has 8 heavy (non-hydrogen) atoms. The van der Waals surface area contributed by atoms with Crippen molar-refractivity contribution in [1.82, 2.24) is 5.32 Å². The van der Waals surface area contributed by atoms with Gasteiger partial charge in [0.2, 0.25) is 5.91 Å². The highest BCUT2D eigenvalue weighted by Crippen LogP contribution is 1.70. The van der Waals surface area contributed by atoms with Gasteiger partial charge in [-0.15, -0.1) is 0 Å². The van der Waals surface area contributed by atoms with E-state index in [1.807, 2.05) is 0 Å². The van der Waals surface area contributed by atoms with Crippen LogP contribution in [0.3, 0.4) is 0 Å². The zero-order valence-electron chi connectivity index (χ0n) is 4.22. The van der Waals surface area contributed by atoms with Gasteiger partial charge in [0.1, 0.15) is 6.54 Å². The third-order valence-corrected chi connectivity index (χ3v) is 0.795. The molecule has 0 bridgehead atoms. The average Bonchev–Trinajstić information content (AvgIpc) is 1.83. The Bertz CT molecular complexity index is 118. The van der Waals surface area contributed by atoms with Crippen LogP contribution in [-0.2, 0) is 4.79 Å². The summed E-state index contributed by atoms with van der Waals surface area (Å²) < 4.78 is 0. The molecule has 0 rings (SSSR count). The van der Waals surface area contributed by atoms with Gasteiger partial charge in [0, 0.05) is 0 Å². The van der Waals surface area contributed by atoms with Gasteiger partial charge in [-0.2, -0.15) is 17.9 Å². The van der Waals surface area contributed by atoms with E-state index in [0.717, 1.165) is 0 Å². The van der Waals surface area contributed by atoms with Crippen molar-refractivity contribution in [3.05, 3.63) is 0 Å². The molecule has 0 aliphatic carbocycles. The number of rotatable bonds is 2. The van der Waals surface area contributed by atoms with E-state index in [1.165, 1.54) is 0 Å². The summed E-state index contributed by atoms with van der Waals surface area (Å²) in [5, 5.41) is 10.2. The second-order valence-electron chi connectivity index (χ2n) is 1.09. The van der Waals surface area contributed by atoms with Gasteiger partial charge >= 0.3 is 0 Å². The second kappa shape index (κ2) is 4.47. The molecule has 3 nitrogen and oxygen atoms in total. The van der Waals surface area contributed by atoms with Crippen LogP contribution >= 0.6 is 12.6 Å². The third-order valence-electron chi connectivity index (χ3n) is 0.508. The average molecular weight is 130 g/mol. The zero-order chi connectivity index (χ0) is 6.41. The first-order valence-corrected chi connectivity index (χ1v) is 2.69. The van der Waals surface area contributed by atoms with Crippen molar-refractivity contribution in [2.45, 2.75) is 0 Å². The lowest BCUT2D eigenvalue weighted by atomic mass is 10.6. The smallest absolute Gasteiger partial charge is 0.230 e. The summed E-state index contributed by atoms with van der Waals surface area (Å²) in [6, 6.07) is 1.77. The number of nitrogens with one attached hydrogen (secondary N) is 1. The molecule has 0 radical (unpaired) electrons. The molecule has 4 heteroatoms. The van der Waals surface area contributed by atoms with E-state index in [1.54, 1.807) is 6.07 Å². The Kier molecular flexibility index (Phi) is 4.08.